The number of hydrogen-bond donors (Lipinski definition) is 0. The van der Waals surface area contributed by atoms with Crippen LogP contribution < -0.4 is 4.74 Å². The molecule has 0 atom stereocenters. The number of fused-ring (bicyclic) bond motifs is 1. The summed E-state index contributed by atoms with van der Waals surface area (Å²) < 4.78 is 5.67. The third-order valence-corrected chi connectivity index (χ3v) is 3.92. The molecule has 1 aliphatic rings. The first-order chi connectivity index (χ1) is 8.86. The highest BCUT2D eigenvalue weighted by Crippen LogP contribution is 2.26. The Balaban J connectivity index is 1.85. The predicted molar refractivity (Wildman–Crippen MR) is 69.6 cm³/mol. The van der Waals surface area contributed by atoms with E-state index in [-0.39, 0.29) is 0 Å². The van der Waals surface area contributed by atoms with Crippen LogP contribution in [-0.2, 0) is 19.4 Å². The van der Waals surface area contributed by atoms with Gasteiger partial charge in [0.1, 0.15) is 18.2 Å². The fourth-order valence-electron chi connectivity index (χ4n) is 2.18. The summed E-state index contributed by atoms with van der Waals surface area (Å²) in [4.78, 5) is 5.62. The van der Waals surface area contributed by atoms with Crippen LogP contribution in [0.5, 0.6) is 5.88 Å². The predicted octanol–water partition coefficient (Wildman–Crippen LogP) is 3.08. The molecule has 90 valence electrons. The van der Waals surface area contributed by atoms with Crippen LogP contribution in [0.3, 0.4) is 0 Å². The van der Waals surface area contributed by atoms with Gasteiger partial charge in [-0.2, -0.15) is 5.26 Å². The zero-order valence-electron chi connectivity index (χ0n) is 9.85. The quantitative estimate of drug-likeness (QED) is 0.847. The highest BCUT2D eigenvalue weighted by atomic mass is 32.1. The summed E-state index contributed by atoms with van der Waals surface area (Å²) in [5.41, 5.74) is 2.84. The first-order valence-electron chi connectivity index (χ1n) is 5.95. The molecule has 4 heteroatoms. The molecule has 18 heavy (non-hydrogen) atoms. The topological polar surface area (TPSA) is 45.9 Å². The van der Waals surface area contributed by atoms with Gasteiger partial charge in [-0.25, -0.2) is 4.98 Å². The first kappa shape index (κ1) is 11.2. The lowest BCUT2D eigenvalue weighted by Gasteiger charge is -2.08. The summed E-state index contributed by atoms with van der Waals surface area (Å²) in [6.07, 6.45) is 3.15. The van der Waals surface area contributed by atoms with Crippen LogP contribution in [-0.4, -0.2) is 4.98 Å². The molecule has 0 radical (unpaired) electrons. The van der Waals surface area contributed by atoms with E-state index < -0.39 is 0 Å². The van der Waals surface area contributed by atoms with E-state index in [4.69, 9.17) is 10.00 Å². The van der Waals surface area contributed by atoms with E-state index in [0.717, 1.165) is 29.8 Å². The molecule has 3 nitrogen and oxygen atoms in total. The maximum atomic E-state index is 9.14. The van der Waals surface area contributed by atoms with Gasteiger partial charge in [-0.1, -0.05) is 6.07 Å². The second-order valence-corrected chi connectivity index (χ2v) is 5.31. The number of aryl methyl sites for hydroxylation is 2. The average Bonchev–Trinajstić information content (AvgIpc) is 3.05. The van der Waals surface area contributed by atoms with E-state index in [1.165, 1.54) is 5.56 Å². The minimum atomic E-state index is 0.478. The fraction of sp³-hybridized carbons (Fsp3) is 0.286. The number of ether oxygens (including phenoxy) is 1. The number of thiophene rings is 1. The van der Waals surface area contributed by atoms with Gasteiger partial charge in [0.25, 0.3) is 0 Å². The normalized spacial score (nSPS) is 13.1. The molecule has 0 aromatic carbocycles. The molecule has 2 aromatic heterocycles. The van der Waals surface area contributed by atoms with Gasteiger partial charge in [0.2, 0.25) is 5.88 Å². The Hall–Kier alpha value is -1.86. The lowest BCUT2D eigenvalue weighted by molar-refractivity contribution is 0.295. The maximum absolute atomic E-state index is 9.14. The molecule has 0 bridgehead atoms. The second-order valence-electron chi connectivity index (χ2n) is 4.28. The summed E-state index contributed by atoms with van der Waals surface area (Å²) in [7, 11) is 0. The van der Waals surface area contributed by atoms with Gasteiger partial charge in [0, 0.05) is 10.6 Å². The average molecular weight is 256 g/mol. The number of pyridine rings is 1. The number of nitrogens with zero attached hydrogens (tertiary/aromatic N) is 2. The third kappa shape index (κ3) is 2.09. The summed E-state index contributed by atoms with van der Waals surface area (Å²) in [6.45, 7) is 0.484. The molecular weight excluding hydrogens is 244 g/mol. The van der Waals surface area contributed by atoms with Crippen LogP contribution in [0, 0.1) is 11.3 Å². The molecule has 3 rings (SSSR count). The Morgan fingerprint density at radius 1 is 1.44 bits per heavy atom. The van der Waals surface area contributed by atoms with Crippen molar-refractivity contribution in [2.24, 2.45) is 0 Å². The van der Waals surface area contributed by atoms with Crippen molar-refractivity contribution in [3.63, 3.8) is 0 Å². The van der Waals surface area contributed by atoms with Crippen LogP contribution in [0.15, 0.2) is 23.6 Å². The van der Waals surface area contributed by atoms with Crippen LogP contribution in [0.1, 0.15) is 28.1 Å². The monoisotopic (exact) mass is 256 g/mol. The van der Waals surface area contributed by atoms with E-state index in [1.54, 1.807) is 11.3 Å². The van der Waals surface area contributed by atoms with Crippen molar-refractivity contribution in [2.75, 3.05) is 0 Å². The number of aromatic nitrogens is 1. The molecule has 0 N–H and O–H groups in total. The van der Waals surface area contributed by atoms with Crippen molar-refractivity contribution in [3.8, 4) is 11.9 Å². The zero-order valence-corrected chi connectivity index (χ0v) is 10.7. The molecule has 0 saturated heterocycles. The Labute approximate surface area is 110 Å². The molecule has 0 spiro atoms. The summed E-state index contributed by atoms with van der Waals surface area (Å²) >= 11 is 1.65. The minimum absolute atomic E-state index is 0.478. The standard InChI is InChI=1S/C14H12N2OS/c15-8-11-7-10-3-1-5-13(10)16-14(11)17-9-12-4-2-6-18-12/h2,4,6-7H,1,3,5,9H2. The molecular formula is C14H12N2OS. The van der Waals surface area contributed by atoms with Gasteiger partial charge in [0.15, 0.2) is 0 Å². The smallest absolute Gasteiger partial charge is 0.232 e. The van der Waals surface area contributed by atoms with E-state index in [9.17, 15) is 0 Å². The van der Waals surface area contributed by atoms with Gasteiger partial charge >= 0.3 is 0 Å². The van der Waals surface area contributed by atoms with E-state index in [0.29, 0.717) is 18.1 Å². The fourth-order valence-corrected chi connectivity index (χ4v) is 2.79. The van der Waals surface area contributed by atoms with E-state index in [2.05, 4.69) is 11.1 Å². The van der Waals surface area contributed by atoms with Gasteiger partial charge in [-0.15, -0.1) is 11.3 Å². The highest BCUT2D eigenvalue weighted by Gasteiger charge is 2.17. The Kier molecular flexibility index (Phi) is 2.99. The van der Waals surface area contributed by atoms with Crippen molar-refractivity contribution in [1.29, 1.82) is 5.26 Å². The Morgan fingerprint density at radius 3 is 3.17 bits per heavy atom. The molecule has 0 saturated carbocycles. The SMILES string of the molecule is N#Cc1cc2c(nc1OCc1cccs1)CCC2. The van der Waals surface area contributed by atoms with Crippen molar-refractivity contribution >= 4 is 11.3 Å². The molecule has 2 heterocycles. The molecule has 0 unspecified atom stereocenters. The van der Waals surface area contributed by atoms with Gasteiger partial charge in [-0.05, 0) is 42.3 Å². The highest BCUT2D eigenvalue weighted by molar-refractivity contribution is 7.09. The third-order valence-electron chi connectivity index (χ3n) is 3.07. The molecule has 0 aliphatic heterocycles. The molecule has 2 aromatic rings. The zero-order chi connectivity index (χ0) is 12.4. The Morgan fingerprint density at radius 2 is 2.39 bits per heavy atom. The minimum Gasteiger partial charge on any atom is -0.471 e. The van der Waals surface area contributed by atoms with Crippen molar-refractivity contribution < 1.29 is 4.74 Å². The lowest BCUT2D eigenvalue weighted by Crippen LogP contribution is -2.01. The van der Waals surface area contributed by atoms with Crippen molar-refractivity contribution in [3.05, 3.63) is 45.3 Å². The molecule has 1 aliphatic carbocycles. The van der Waals surface area contributed by atoms with Gasteiger partial charge in [-0.3, -0.25) is 0 Å². The Bertz CT molecular complexity index is 599. The first-order valence-corrected chi connectivity index (χ1v) is 6.83. The second kappa shape index (κ2) is 4.79. The summed E-state index contributed by atoms with van der Waals surface area (Å²) in [6, 6.07) is 8.11. The summed E-state index contributed by atoms with van der Waals surface area (Å²) in [5, 5.41) is 11.2. The van der Waals surface area contributed by atoms with E-state index in [1.807, 2.05) is 23.6 Å². The van der Waals surface area contributed by atoms with Crippen molar-refractivity contribution in [1.82, 2.24) is 4.98 Å². The van der Waals surface area contributed by atoms with Gasteiger partial charge < -0.3 is 4.74 Å². The largest absolute Gasteiger partial charge is 0.471 e. The van der Waals surface area contributed by atoms with Crippen LogP contribution in [0.25, 0.3) is 0 Å². The van der Waals surface area contributed by atoms with E-state index >= 15 is 0 Å². The molecule has 0 amide bonds. The number of nitriles is 1. The van der Waals surface area contributed by atoms with Crippen LogP contribution in [0.4, 0.5) is 0 Å². The van der Waals surface area contributed by atoms with Crippen LogP contribution in [0.2, 0.25) is 0 Å². The van der Waals surface area contributed by atoms with Gasteiger partial charge in [0.05, 0.1) is 0 Å². The van der Waals surface area contributed by atoms with Crippen LogP contribution >= 0.6 is 11.3 Å². The summed E-state index contributed by atoms with van der Waals surface area (Å²) in [5.74, 6) is 0.478. The van der Waals surface area contributed by atoms with Crippen molar-refractivity contribution in [2.45, 2.75) is 25.9 Å². The maximum Gasteiger partial charge on any atom is 0.232 e. The number of rotatable bonds is 3. The lowest BCUT2D eigenvalue weighted by atomic mass is 10.1. The number of hydrogen-bond acceptors (Lipinski definition) is 4. The molecule has 0 fully saturated rings.